The molecule has 4 rings (SSSR count). The fraction of sp³-hybridized carbons (Fsp3) is 0.556. The quantitative estimate of drug-likeness (QED) is 0.869. The van der Waals surface area contributed by atoms with E-state index >= 15 is 0 Å². The van der Waals surface area contributed by atoms with Gasteiger partial charge in [0, 0.05) is 50.2 Å². The number of rotatable bonds is 5. The number of hydrogen-bond acceptors (Lipinski definition) is 5. The molecule has 2 aromatic rings. The number of nitrogens with zero attached hydrogens (tertiary/aromatic N) is 3. The Hall–Kier alpha value is -1.37. The number of halogens is 1. The Morgan fingerprint density at radius 1 is 1.32 bits per heavy atom. The van der Waals surface area contributed by atoms with E-state index in [1.54, 1.807) is 11.3 Å². The third kappa shape index (κ3) is 3.76. The van der Waals surface area contributed by atoms with Gasteiger partial charge in [-0.25, -0.2) is 4.98 Å². The molecule has 134 valence electrons. The molecule has 1 aliphatic heterocycles. The van der Waals surface area contributed by atoms with Crippen LogP contribution in [0.5, 0.6) is 0 Å². The lowest BCUT2D eigenvalue weighted by Gasteiger charge is -2.34. The van der Waals surface area contributed by atoms with Crippen molar-refractivity contribution in [2.45, 2.75) is 19.8 Å². The third-order valence-electron chi connectivity index (χ3n) is 5.05. The first kappa shape index (κ1) is 17.1. The second kappa shape index (κ2) is 7.09. The van der Waals surface area contributed by atoms with Gasteiger partial charge in [-0.15, -0.1) is 0 Å². The molecule has 0 spiro atoms. The minimum Gasteiger partial charge on any atom is -0.355 e. The highest BCUT2D eigenvalue weighted by molar-refractivity contribution is 7.22. The second-order valence-electron chi connectivity index (χ2n) is 6.91. The maximum absolute atomic E-state index is 11.7. The zero-order valence-corrected chi connectivity index (χ0v) is 16.0. The Bertz CT molecular complexity index is 781. The summed E-state index contributed by atoms with van der Waals surface area (Å²) in [5.41, 5.74) is 2.09. The van der Waals surface area contributed by atoms with Crippen LogP contribution in [0.3, 0.4) is 0 Å². The minimum absolute atomic E-state index is 0.238. The van der Waals surface area contributed by atoms with Crippen LogP contribution in [0, 0.1) is 12.8 Å². The SMILES string of the molecule is Cc1c(Cl)ccc2sc(N3CCN(CCNC(=O)C4CC4)CC3)nc12. The lowest BCUT2D eigenvalue weighted by atomic mass is 10.2. The van der Waals surface area contributed by atoms with E-state index in [0.29, 0.717) is 5.92 Å². The molecule has 7 heteroatoms. The van der Waals surface area contributed by atoms with Gasteiger partial charge in [-0.3, -0.25) is 9.69 Å². The van der Waals surface area contributed by atoms with Gasteiger partial charge >= 0.3 is 0 Å². The zero-order valence-electron chi connectivity index (χ0n) is 14.4. The van der Waals surface area contributed by atoms with Crippen molar-refractivity contribution in [3.63, 3.8) is 0 Å². The zero-order chi connectivity index (χ0) is 17.4. The summed E-state index contributed by atoms with van der Waals surface area (Å²) in [7, 11) is 0. The standard InChI is InChI=1S/C18H23ClN4OS/c1-12-14(19)4-5-15-16(12)21-18(25-15)23-10-8-22(9-11-23)7-6-20-17(24)13-2-3-13/h4-5,13H,2-3,6-11H2,1H3,(H,20,24). The maximum atomic E-state index is 11.7. The number of carbonyl (C=O) groups is 1. The predicted octanol–water partition coefficient (Wildman–Crippen LogP) is 2.91. The molecule has 2 fully saturated rings. The predicted molar refractivity (Wildman–Crippen MR) is 104 cm³/mol. The molecule has 0 bridgehead atoms. The van der Waals surface area contributed by atoms with E-state index in [1.807, 2.05) is 13.0 Å². The van der Waals surface area contributed by atoms with Crippen molar-refractivity contribution in [2.75, 3.05) is 44.2 Å². The van der Waals surface area contributed by atoms with Crippen LogP contribution in [0.15, 0.2) is 12.1 Å². The fourth-order valence-electron chi connectivity index (χ4n) is 3.21. The molecular weight excluding hydrogens is 356 g/mol. The van der Waals surface area contributed by atoms with E-state index in [4.69, 9.17) is 16.6 Å². The lowest BCUT2D eigenvalue weighted by molar-refractivity contribution is -0.122. The molecule has 2 heterocycles. The van der Waals surface area contributed by atoms with Gasteiger partial charge in [0.25, 0.3) is 0 Å². The number of benzene rings is 1. The van der Waals surface area contributed by atoms with Crippen molar-refractivity contribution in [2.24, 2.45) is 5.92 Å². The van der Waals surface area contributed by atoms with Crippen LogP contribution >= 0.6 is 22.9 Å². The smallest absolute Gasteiger partial charge is 0.223 e. The van der Waals surface area contributed by atoms with Gasteiger partial charge < -0.3 is 10.2 Å². The van der Waals surface area contributed by atoms with Crippen molar-refractivity contribution in [3.8, 4) is 0 Å². The van der Waals surface area contributed by atoms with E-state index in [1.165, 1.54) is 4.70 Å². The lowest BCUT2D eigenvalue weighted by Crippen LogP contribution is -2.48. The second-order valence-corrected chi connectivity index (χ2v) is 8.33. The first-order valence-electron chi connectivity index (χ1n) is 8.92. The maximum Gasteiger partial charge on any atom is 0.223 e. The normalized spacial score (nSPS) is 18.7. The van der Waals surface area contributed by atoms with Crippen LogP contribution in [-0.4, -0.2) is 55.1 Å². The number of piperazine rings is 1. The van der Waals surface area contributed by atoms with Gasteiger partial charge in [0.15, 0.2) is 5.13 Å². The van der Waals surface area contributed by atoms with Crippen molar-refractivity contribution in [1.82, 2.24) is 15.2 Å². The number of thiazole rings is 1. The van der Waals surface area contributed by atoms with Crippen LogP contribution in [0.2, 0.25) is 5.02 Å². The Labute approximate surface area is 157 Å². The Morgan fingerprint density at radius 3 is 2.80 bits per heavy atom. The van der Waals surface area contributed by atoms with Gasteiger partial charge in [-0.1, -0.05) is 22.9 Å². The molecule has 1 aliphatic carbocycles. The first-order valence-corrected chi connectivity index (χ1v) is 10.1. The van der Waals surface area contributed by atoms with Gasteiger partial charge in [0.1, 0.15) is 0 Å². The Balaban J connectivity index is 1.31. The van der Waals surface area contributed by atoms with Crippen LogP contribution in [-0.2, 0) is 4.79 Å². The highest BCUT2D eigenvalue weighted by atomic mass is 35.5. The van der Waals surface area contributed by atoms with Crippen LogP contribution in [0.1, 0.15) is 18.4 Å². The minimum atomic E-state index is 0.238. The fourth-order valence-corrected chi connectivity index (χ4v) is 4.44. The van der Waals surface area contributed by atoms with Gasteiger partial charge in [-0.2, -0.15) is 0 Å². The molecule has 0 unspecified atom stereocenters. The largest absolute Gasteiger partial charge is 0.355 e. The van der Waals surface area contributed by atoms with E-state index in [2.05, 4.69) is 21.2 Å². The number of aryl methyl sites for hydroxylation is 1. The van der Waals surface area contributed by atoms with E-state index in [-0.39, 0.29) is 5.91 Å². The highest BCUT2D eigenvalue weighted by Gasteiger charge is 2.29. The molecule has 1 aromatic carbocycles. The van der Waals surface area contributed by atoms with Crippen LogP contribution in [0.4, 0.5) is 5.13 Å². The number of anilines is 1. The molecule has 1 N–H and O–H groups in total. The van der Waals surface area contributed by atoms with Crippen LogP contribution in [0.25, 0.3) is 10.2 Å². The molecule has 5 nitrogen and oxygen atoms in total. The molecule has 0 radical (unpaired) electrons. The molecule has 2 aliphatic rings. The van der Waals surface area contributed by atoms with Gasteiger partial charge in [-0.05, 0) is 37.5 Å². The van der Waals surface area contributed by atoms with Crippen molar-refractivity contribution in [1.29, 1.82) is 0 Å². The molecule has 1 saturated carbocycles. The molecule has 1 amide bonds. The monoisotopic (exact) mass is 378 g/mol. The molecule has 0 atom stereocenters. The van der Waals surface area contributed by atoms with E-state index in [0.717, 1.165) is 73.3 Å². The first-order chi connectivity index (χ1) is 12.1. The number of aromatic nitrogens is 1. The molecule has 25 heavy (non-hydrogen) atoms. The Morgan fingerprint density at radius 2 is 2.08 bits per heavy atom. The number of hydrogen-bond donors (Lipinski definition) is 1. The van der Waals surface area contributed by atoms with Gasteiger partial charge in [0.05, 0.1) is 10.2 Å². The number of nitrogens with one attached hydrogen (secondary N) is 1. The number of carbonyl (C=O) groups excluding carboxylic acids is 1. The topological polar surface area (TPSA) is 48.5 Å². The average Bonchev–Trinajstić information content (AvgIpc) is 3.38. The van der Waals surface area contributed by atoms with Crippen molar-refractivity contribution >= 4 is 44.2 Å². The molecular formula is C18H23ClN4OS. The summed E-state index contributed by atoms with van der Waals surface area (Å²) >= 11 is 7.95. The van der Waals surface area contributed by atoms with E-state index < -0.39 is 0 Å². The molecule has 1 aromatic heterocycles. The number of amides is 1. The summed E-state index contributed by atoms with van der Waals surface area (Å²) in [5.74, 6) is 0.537. The third-order valence-corrected chi connectivity index (χ3v) is 6.55. The van der Waals surface area contributed by atoms with Crippen LogP contribution < -0.4 is 10.2 Å². The summed E-state index contributed by atoms with van der Waals surface area (Å²) in [6.45, 7) is 7.69. The van der Waals surface area contributed by atoms with Crippen molar-refractivity contribution < 1.29 is 4.79 Å². The number of fused-ring (bicyclic) bond motifs is 1. The summed E-state index contributed by atoms with van der Waals surface area (Å²) in [4.78, 5) is 21.3. The Kier molecular flexibility index (Phi) is 4.84. The average molecular weight is 379 g/mol. The summed E-state index contributed by atoms with van der Waals surface area (Å²) in [5, 5.41) is 4.91. The summed E-state index contributed by atoms with van der Waals surface area (Å²) < 4.78 is 1.20. The summed E-state index contributed by atoms with van der Waals surface area (Å²) in [6.07, 6.45) is 2.13. The molecule has 1 saturated heterocycles. The van der Waals surface area contributed by atoms with E-state index in [9.17, 15) is 4.79 Å². The summed E-state index contributed by atoms with van der Waals surface area (Å²) in [6, 6.07) is 4.01. The van der Waals surface area contributed by atoms with Crippen molar-refractivity contribution in [3.05, 3.63) is 22.7 Å². The highest BCUT2D eigenvalue weighted by Crippen LogP contribution is 2.33. The van der Waals surface area contributed by atoms with Gasteiger partial charge in [0.2, 0.25) is 5.91 Å².